The Morgan fingerprint density at radius 3 is 2.20 bits per heavy atom. The molecule has 0 spiro atoms. The van der Waals surface area contributed by atoms with Crippen molar-refractivity contribution in [3.8, 4) is 0 Å². The topological polar surface area (TPSA) is 58.2 Å². The summed E-state index contributed by atoms with van der Waals surface area (Å²) in [4.78, 5) is 24.7. The predicted octanol–water partition coefficient (Wildman–Crippen LogP) is 3.24. The molecule has 4 bridgehead atoms. The lowest BCUT2D eigenvalue weighted by atomic mass is 9.49. The zero-order valence-electron chi connectivity index (χ0n) is 14.0. The van der Waals surface area contributed by atoms with Crippen molar-refractivity contribution in [2.24, 2.45) is 23.2 Å². The van der Waals surface area contributed by atoms with Crippen molar-refractivity contribution < 1.29 is 18.4 Å². The second-order valence-corrected chi connectivity index (χ2v) is 8.05. The summed E-state index contributed by atoms with van der Waals surface area (Å²) in [5.74, 6) is -0.131. The fourth-order valence-electron chi connectivity index (χ4n) is 5.52. The van der Waals surface area contributed by atoms with Gasteiger partial charge in [-0.25, -0.2) is 8.78 Å². The zero-order chi connectivity index (χ0) is 17.6. The number of anilines is 1. The first kappa shape index (κ1) is 16.5. The maximum atomic E-state index is 13.6. The van der Waals surface area contributed by atoms with Gasteiger partial charge in [0.15, 0.2) is 0 Å². The Bertz CT molecular complexity index is 684. The highest BCUT2D eigenvalue weighted by Crippen LogP contribution is 2.60. The van der Waals surface area contributed by atoms with Crippen LogP contribution in [0.2, 0.25) is 0 Å². The van der Waals surface area contributed by atoms with E-state index in [9.17, 15) is 18.4 Å². The van der Waals surface area contributed by atoms with Crippen molar-refractivity contribution >= 4 is 17.5 Å². The van der Waals surface area contributed by atoms with Crippen LogP contribution >= 0.6 is 0 Å². The molecule has 0 heterocycles. The Morgan fingerprint density at radius 2 is 1.64 bits per heavy atom. The molecule has 1 aromatic carbocycles. The van der Waals surface area contributed by atoms with Crippen molar-refractivity contribution in [1.29, 1.82) is 0 Å². The second kappa shape index (κ2) is 6.07. The normalized spacial score (nSPS) is 32.5. The summed E-state index contributed by atoms with van der Waals surface area (Å²) in [5, 5.41) is 5.11. The number of nitrogens with one attached hydrogen (secondary N) is 2. The number of hydrogen-bond acceptors (Lipinski definition) is 2. The fourth-order valence-corrected chi connectivity index (χ4v) is 5.52. The number of carbonyl (C=O) groups excluding carboxylic acids is 2. The fraction of sp³-hybridized carbons (Fsp3) is 0.579. The van der Waals surface area contributed by atoms with E-state index in [-0.39, 0.29) is 23.6 Å². The summed E-state index contributed by atoms with van der Waals surface area (Å²) in [6, 6.07) is 2.96. The number of hydrogen-bond donors (Lipinski definition) is 2. The van der Waals surface area contributed by atoms with E-state index in [1.165, 1.54) is 25.3 Å². The number of amides is 2. The Balaban J connectivity index is 1.35. The highest BCUT2D eigenvalue weighted by atomic mass is 19.1. The summed E-state index contributed by atoms with van der Waals surface area (Å²) >= 11 is 0. The molecule has 4 nitrogen and oxygen atoms in total. The molecule has 4 aliphatic rings. The van der Waals surface area contributed by atoms with E-state index in [0.717, 1.165) is 25.3 Å². The van der Waals surface area contributed by atoms with Crippen LogP contribution in [0.1, 0.15) is 38.5 Å². The highest BCUT2D eigenvalue weighted by molar-refractivity contribution is 5.95. The Kier molecular flexibility index (Phi) is 4.01. The second-order valence-electron chi connectivity index (χ2n) is 8.05. The lowest BCUT2D eigenvalue weighted by Gasteiger charge is -2.55. The van der Waals surface area contributed by atoms with Crippen molar-refractivity contribution in [1.82, 2.24) is 5.32 Å². The van der Waals surface area contributed by atoms with Gasteiger partial charge in [0.05, 0.1) is 12.2 Å². The van der Waals surface area contributed by atoms with Crippen molar-refractivity contribution in [3.63, 3.8) is 0 Å². The summed E-state index contributed by atoms with van der Waals surface area (Å²) in [5.41, 5.74) is -0.397. The predicted molar refractivity (Wildman–Crippen MR) is 88.6 cm³/mol. The van der Waals surface area contributed by atoms with Gasteiger partial charge in [-0.15, -0.1) is 0 Å². The largest absolute Gasteiger partial charge is 0.347 e. The molecular formula is C19H22F2N2O2. The van der Waals surface area contributed by atoms with E-state index in [0.29, 0.717) is 23.8 Å². The molecule has 0 radical (unpaired) electrons. The van der Waals surface area contributed by atoms with Crippen LogP contribution in [0.15, 0.2) is 18.2 Å². The highest BCUT2D eigenvalue weighted by Gasteiger charge is 2.54. The maximum absolute atomic E-state index is 13.6. The molecule has 134 valence electrons. The monoisotopic (exact) mass is 348 g/mol. The number of carbonyl (C=O) groups is 2. The molecule has 0 aromatic heterocycles. The molecule has 4 fully saturated rings. The van der Waals surface area contributed by atoms with Crippen LogP contribution in [0.3, 0.4) is 0 Å². The van der Waals surface area contributed by atoms with E-state index < -0.39 is 17.5 Å². The molecule has 2 N–H and O–H groups in total. The third kappa shape index (κ3) is 3.14. The molecule has 2 amide bonds. The number of benzene rings is 1. The van der Waals surface area contributed by atoms with Crippen molar-refractivity contribution in [2.45, 2.75) is 38.5 Å². The summed E-state index contributed by atoms with van der Waals surface area (Å²) in [7, 11) is 0. The third-order valence-corrected chi connectivity index (χ3v) is 6.13. The Labute approximate surface area is 145 Å². The molecule has 1 aromatic rings. The molecule has 0 atom stereocenters. The van der Waals surface area contributed by atoms with Gasteiger partial charge in [0.1, 0.15) is 11.6 Å². The smallest absolute Gasteiger partial charge is 0.243 e. The molecule has 0 unspecified atom stereocenters. The minimum Gasteiger partial charge on any atom is -0.347 e. The van der Waals surface area contributed by atoms with Crippen LogP contribution in [-0.2, 0) is 9.59 Å². The van der Waals surface area contributed by atoms with E-state index in [4.69, 9.17) is 0 Å². The first-order chi connectivity index (χ1) is 11.9. The average Bonchev–Trinajstić information content (AvgIpc) is 2.54. The van der Waals surface area contributed by atoms with E-state index in [1.54, 1.807) is 0 Å². The average molecular weight is 348 g/mol. The molecule has 6 heteroatoms. The molecule has 0 aliphatic heterocycles. The van der Waals surface area contributed by atoms with Crippen molar-refractivity contribution in [3.05, 3.63) is 29.8 Å². The Hall–Kier alpha value is -1.98. The van der Waals surface area contributed by atoms with E-state index >= 15 is 0 Å². The van der Waals surface area contributed by atoms with Gasteiger partial charge in [-0.2, -0.15) is 0 Å². The maximum Gasteiger partial charge on any atom is 0.243 e. The van der Waals surface area contributed by atoms with Crippen LogP contribution in [0.25, 0.3) is 0 Å². The lowest BCUT2D eigenvalue weighted by molar-refractivity contribution is -0.146. The van der Waals surface area contributed by atoms with Crippen molar-refractivity contribution in [2.75, 3.05) is 11.9 Å². The van der Waals surface area contributed by atoms with Gasteiger partial charge in [-0.05, 0) is 68.4 Å². The molecule has 5 rings (SSSR count). The molecule has 4 saturated carbocycles. The van der Waals surface area contributed by atoms with Gasteiger partial charge >= 0.3 is 0 Å². The first-order valence-electron chi connectivity index (χ1n) is 8.97. The summed E-state index contributed by atoms with van der Waals surface area (Å²) in [6.45, 7) is -0.197. The molecule has 4 aliphatic carbocycles. The lowest BCUT2D eigenvalue weighted by Crippen LogP contribution is -2.54. The van der Waals surface area contributed by atoms with Gasteiger partial charge in [0, 0.05) is 11.5 Å². The number of rotatable bonds is 4. The van der Waals surface area contributed by atoms with Gasteiger partial charge in [-0.1, -0.05) is 0 Å². The standard InChI is InChI=1S/C19H22F2N2O2/c20-14-1-2-16(15(21)6-14)23-17(24)10-22-18(25)19-7-11-3-12(8-19)5-13(4-11)9-19/h1-2,6,11-13H,3-5,7-10H2,(H,22,25)(H,23,24). The molecule has 25 heavy (non-hydrogen) atoms. The van der Waals surface area contributed by atoms with E-state index in [2.05, 4.69) is 10.6 Å². The van der Waals surface area contributed by atoms with Gasteiger partial charge in [0.2, 0.25) is 11.8 Å². The number of halogens is 2. The zero-order valence-corrected chi connectivity index (χ0v) is 14.0. The summed E-state index contributed by atoms with van der Waals surface area (Å²) < 4.78 is 26.5. The SMILES string of the molecule is O=C(CNC(=O)C12CC3CC(CC(C3)C1)C2)Nc1ccc(F)cc1F. The van der Waals surface area contributed by atoms with Crippen LogP contribution in [-0.4, -0.2) is 18.4 Å². The quantitative estimate of drug-likeness (QED) is 0.878. The van der Waals surface area contributed by atoms with E-state index in [1.807, 2.05) is 0 Å². The van der Waals surface area contributed by atoms with Gasteiger partial charge in [0.25, 0.3) is 0 Å². The van der Waals surface area contributed by atoms with Crippen LogP contribution in [0.4, 0.5) is 14.5 Å². The minimum absolute atomic E-state index is 0.0404. The van der Waals surface area contributed by atoms with Gasteiger partial charge in [-0.3, -0.25) is 9.59 Å². The third-order valence-electron chi connectivity index (χ3n) is 6.13. The van der Waals surface area contributed by atoms with Crippen LogP contribution < -0.4 is 10.6 Å². The molecule has 0 saturated heterocycles. The van der Waals surface area contributed by atoms with Crippen LogP contribution in [0, 0.1) is 34.8 Å². The van der Waals surface area contributed by atoms with Crippen LogP contribution in [0.5, 0.6) is 0 Å². The Morgan fingerprint density at radius 1 is 1.04 bits per heavy atom. The minimum atomic E-state index is -0.833. The summed E-state index contributed by atoms with van der Waals surface area (Å²) in [6.07, 6.45) is 6.53. The first-order valence-corrected chi connectivity index (χ1v) is 8.97. The molecular weight excluding hydrogens is 326 g/mol. The van der Waals surface area contributed by atoms with Gasteiger partial charge < -0.3 is 10.6 Å².